The molecule has 2 atom stereocenters. The van der Waals surface area contributed by atoms with Crippen LogP contribution in [0.3, 0.4) is 0 Å². The first kappa shape index (κ1) is 17.8. The quantitative estimate of drug-likeness (QED) is 0.829. The second-order valence-corrected chi connectivity index (χ2v) is 7.61. The summed E-state index contributed by atoms with van der Waals surface area (Å²) in [6.07, 6.45) is 2.87. The number of carbonyl (C=O) groups excluding carboxylic acids is 2. The van der Waals surface area contributed by atoms with Gasteiger partial charge in [0, 0.05) is 31.2 Å². The van der Waals surface area contributed by atoms with E-state index >= 15 is 0 Å². The first-order chi connectivity index (χ1) is 13.2. The average molecular weight is 362 g/mol. The molecule has 4 heteroatoms. The zero-order valence-corrected chi connectivity index (χ0v) is 15.8. The monoisotopic (exact) mass is 362 g/mol. The van der Waals surface area contributed by atoms with Gasteiger partial charge < -0.3 is 9.80 Å². The number of carbonyl (C=O) groups is 2. The van der Waals surface area contributed by atoms with Crippen LogP contribution in [0.15, 0.2) is 54.6 Å². The zero-order chi connectivity index (χ0) is 18.8. The largest absolute Gasteiger partial charge is 0.338 e. The predicted octanol–water partition coefficient (Wildman–Crippen LogP) is 3.83. The van der Waals surface area contributed by atoms with Gasteiger partial charge >= 0.3 is 0 Å². The summed E-state index contributed by atoms with van der Waals surface area (Å²) < 4.78 is 0. The maximum atomic E-state index is 13.1. The lowest BCUT2D eigenvalue weighted by Crippen LogP contribution is -2.48. The first-order valence-corrected chi connectivity index (χ1v) is 9.92. The normalized spacial score (nSPS) is 22.0. The maximum Gasteiger partial charge on any atom is 0.253 e. The lowest BCUT2D eigenvalue weighted by molar-refractivity contribution is -0.139. The van der Waals surface area contributed by atoms with Crippen LogP contribution in [0, 0.1) is 5.92 Å². The van der Waals surface area contributed by atoms with Crippen LogP contribution >= 0.6 is 0 Å². The first-order valence-electron chi connectivity index (χ1n) is 9.92. The van der Waals surface area contributed by atoms with Crippen LogP contribution in [-0.4, -0.2) is 47.3 Å². The molecule has 0 saturated carbocycles. The highest BCUT2D eigenvalue weighted by molar-refractivity contribution is 5.95. The molecule has 2 aromatic rings. The van der Waals surface area contributed by atoms with E-state index in [2.05, 4.69) is 19.1 Å². The fourth-order valence-electron chi connectivity index (χ4n) is 4.36. The van der Waals surface area contributed by atoms with Crippen molar-refractivity contribution in [3.8, 4) is 11.1 Å². The molecule has 5 rings (SSSR count). The molecule has 0 radical (unpaired) electrons. The van der Waals surface area contributed by atoms with Gasteiger partial charge in [-0.15, -0.1) is 0 Å². The van der Waals surface area contributed by atoms with E-state index < -0.39 is 0 Å². The minimum atomic E-state index is -0.0390. The highest BCUT2D eigenvalue weighted by Crippen LogP contribution is 2.30. The molecule has 2 aromatic carbocycles. The summed E-state index contributed by atoms with van der Waals surface area (Å²) in [5.41, 5.74) is 2.95. The number of fused-ring (bicyclic) bond motifs is 4. The minimum absolute atomic E-state index is 0.0390. The Morgan fingerprint density at radius 3 is 2.37 bits per heavy atom. The van der Waals surface area contributed by atoms with Gasteiger partial charge in [-0.2, -0.15) is 0 Å². The number of hydrogen-bond donors (Lipinski definition) is 0. The van der Waals surface area contributed by atoms with E-state index in [4.69, 9.17) is 0 Å². The zero-order valence-electron chi connectivity index (χ0n) is 15.8. The van der Waals surface area contributed by atoms with Crippen LogP contribution in [0.2, 0.25) is 0 Å². The summed E-state index contributed by atoms with van der Waals surface area (Å²) in [7, 11) is 0. The predicted molar refractivity (Wildman–Crippen MR) is 106 cm³/mol. The molecule has 0 aromatic heterocycles. The highest BCUT2D eigenvalue weighted by atomic mass is 16.2. The fraction of sp³-hybridized carbons (Fsp3) is 0.391. The van der Waals surface area contributed by atoms with E-state index in [1.165, 1.54) is 0 Å². The third-order valence-electron chi connectivity index (χ3n) is 5.78. The third kappa shape index (κ3) is 3.48. The molecule has 3 heterocycles. The molecule has 27 heavy (non-hydrogen) atoms. The Hall–Kier alpha value is -2.62. The van der Waals surface area contributed by atoms with Gasteiger partial charge in [0.25, 0.3) is 5.91 Å². The van der Waals surface area contributed by atoms with Crippen molar-refractivity contribution in [3.63, 3.8) is 0 Å². The Labute approximate surface area is 160 Å². The summed E-state index contributed by atoms with van der Waals surface area (Å²) in [5, 5.41) is 0. The van der Waals surface area contributed by atoms with Crippen molar-refractivity contribution in [3.05, 3.63) is 60.2 Å². The SMILES string of the molecule is CCCN1C(=O)[C@@H]2CC[C@H]1CN(C(=O)c1ccc(-c3ccccc3)cc1)C2. The minimum Gasteiger partial charge on any atom is -0.338 e. The van der Waals surface area contributed by atoms with E-state index in [0.717, 1.165) is 36.9 Å². The molecule has 0 unspecified atom stereocenters. The smallest absolute Gasteiger partial charge is 0.253 e. The van der Waals surface area contributed by atoms with Crippen molar-refractivity contribution in [1.29, 1.82) is 0 Å². The Bertz CT molecular complexity index is 816. The number of rotatable bonds is 4. The number of benzene rings is 2. The Morgan fingerprint density at radius 2 is 1.67 bits per heavy atom. The molecule has 3 aliphatic heterocycles. The van der Waals surface area contributed by atoms with Crippen molar-refractivity contribution < 1.29 is 9.59 Å². The third-order valence-corrected chi connectivity index (χ3v) is 5.78. The highest BCUT2D eigenvalue weighted by Gasteiger charge is 2.41. The Kier molecular flexibility index (Phi) is 4.97. The number of piperidine rings is 1. The van der Waals surface area contributed by atoms with Crippen LogP contribution < -0.4 is 0 Å². The summed E-state index contributed by atoms with van der Waals surface area (Å²) in [4.78, 5) is 29.7. The Morgan fingerprint density at radius 1 is 0.963 bits per heavy atom. The second-order valence-electron chi connectivity index (χ2n) is 7.61. The van der Waals surface area contributed by atoms with E-state index in [9.17, 15) is 9.59 Å². The van der Waals surface area contributed by atoms with Crippen molar-refractivity contribution >= 4 is 11.8 Å². The molecular formula is C23H26N2O2. The van der Waals surface area contributed by atoms with Crippen LogP contribution in [0.25, 0.3) is 11.1 Å². The second kappa shape index (κ2) is 7.55. The molecule has 3 saturated heterocycles. The van der Waals surface area contributed by atoms with Crippen LogP contribution in [0.1, 0.15) is 36.5 Å². The lowest BCUT2D eigenvalue weighted by Gasteiger charge is -2.35. The van der Waals surface area contributed by atoms with Gasteiger partial charge in [-0.05, 0) is 42.5 Å². The van der Waals surface area contributed by atoms with E-state index in [0.29, 0.717) is 18.7 Å². The maximum absolute atomic E-state index is 13.1. The molecule has 0 aliphatic carbocycles. The summed E-state index contributed by atoms with van der Waals surface area (Å²) in [5.74, 6) is 0.239. The number of amides is 2. The fourth-order valence-corrected chi connectivity index (χ4v) is 4.36. The van der Waals surface area contributed by atoms with Crippen LogP contribution in [0.4, 0.5) is 0 Å². The molecule has 3 aliphatic rings. The summed E-state index contributed by atoms with van der Waals surface area (Å²) >= 11 is 0. The van der Waals surface area contributed by atoms with Gasteiger partial charge in [-0.25, -0.2) is 0 Å². The van der Waals surface area contributed by atoms with Crippen molar-refractivity contribution in [2.45, 2.75) is 32.2 Å². The van der Waals surface area contributed by atoms with E-state index in [1.54, 1.807) is 0 Å². The standard InChI is InChI=1S/C23H26N2O2/c1-2-14-25-21-13-12-20(23(25)27)15-24(16-21)22(26)19-10-8-18(9-11-19)17-6-4-3-5-7-17/h3-11,20-21H,2,12-16H2,1H3/t20-,21+/m1/s1. The molecule has 0 N–H and O–H groups in total. The summed E-state index contributed by atoms with van der Waals surface area (Å²) in [6.45, 7) is 4.10. The average Bonchev–Trinajstić information content (AvgIpc) is 3.01. The Balaban J connectivity index is 1.52. The van der Waals surface area contributed by atoms with Gasteiger partial charge in [0.1, 0.15) is 0 Å². The topological polar surface area (TPSA) is 40.6 Å². The van der Waals surface area contributed by atoms with Crippen LogP contribution in [0.5, 0.6) is 0 Å². The number of hydrogen-bond acceptors (Lipinski definition) is 2. The van der Waals surface area contributed by atoms with E-state index in [1.807, 2.05) is 52.3 Å². The van der Waals surface area contributed by atoms with Crippen molar-refractivity contribution in [2.75, 3.05) is 19.6 Å². The lowest BCUT2D eigenvalue weighted by atomic mass is 9.94. The van der Waals surface area contributed by atoms with Gasteiger partial charge in [0.15, 0.2) is 0 Å². The summed E-state index contributed by atoms with van der Waals surface area (Å²) in [6, 6.07) is 18.1. The van der Waals surface area contributed by atoms with Gasteiger partial charge in [0.2, 0.25) is 5.91 Å². The molecule has 4 nitrogen and oxygen atoms in total. The van der Waals surface area contributed by atoms with E-state index in [-0.39, 0.29) is 23.8 Å². The molecule has 2 bridgehead atoms. The molecular weight excluding hydrogens is 336 g/mol. The van der Waals surface area contributed by atoms with Crippen LogP contribution in [-0.2, 0) is 4.79 Å². The molecule has 3 fully saturated rings. The van der Waals surface area contributed by atoms with Gasteiger partial charge in [-0.3, -0.25) is 9.59 Å². The van der Waals surface area contributed by atoms with Crippen molar-refractivity contribution in [1.82, 2.24) is 9.80 Å². The molecule has 140 valence electrons. The molecule has 2 amide bonds. The molecule has 0 spiro atoms. The van der Waals surface area contributed by atoms with Gasteiger partial charge in [0.05, 0.1) is 5.92 Å². The van der Waals surface area contributed by atoms with Crippen molar-refractivity contribution in [2.24, 2.45) is 5.92 Å². The van der Waals surface area contributed by atoms with Gasteiger partial charge in [-0.1, -0.05) is 49.4 Å². The number of nitrogens with zero attached hydrogens (tertiary/aromatic N) is 2.